The van der Waals surface area contributed by atoms with Crippen molar-refractivity contribution >= 4 is 10.9 Å². The third-order valence-corrected chi connectivity index (χ3v) is 5.51. The van der Waals surface area contributed by atoms with Crippen molar-refractivity contribution in [2.24, 2.45) is 22.5 Å². The van der Waals surface area contributed by atoms with Crippen LogP contribution in [0.1, 0.15) is 39.3 Å². The quantitative estimate of drug-likeness (QED) is 0.882. The third-order valence-electron chi connectivity index (χ3n) is 5.51. The zero-order valence-electron chi connectivity index (χ0n) is 12.1. The number of fused-ring (bicyclic) bond motifs is 1. The molecule has 0 saturated heterocycles. The highest BCUT2D eigenvalue weighted by atomic mass is 14.8. The Hall–Kier alpha value is -1.41. The molecule has 3 rings (SSSR count). The predicted molar refractivity (Wildman–Crippen MR) is 79.7 cm³/mol. The van der Waals surface area contributed by atoms with Crippen LogP contribution in [0.4, 0.5) is 0 Å². The molecule has 1 aromatic heterocycles. The standard InChI is InChI=1S/C17H22N2/c1-16(2)15(17(16,3)4)13(18)12-9-5-7-11-8-6-10-19-14(11)12/h5-10,13,15H,18H2,1-4H3. The number of hydrogen-bond donors (Lipinski definition) is 1. The summed E-state index contributed by atoms with van der Waals surface area (Å²) < 4.78 is 0. The Labute approximate surface area is 115 Å². The fourth-order valence-electron chi connectivity index (χ4n) is 3.72. The second kappa shape index (κ2) is 3.80. The fraction of sp³-hybridized carbons (Fsp3) is 0.471. The second-order valence-electron chi connectivity index (χ2n) is 6.87. The van der Waals surface area contributed by atoms with E-state index in [1.54, 1.807) is 0 Å². The van der Waals surface area contributed by atoms with Gasteiger partial charge in [-0.2, -0.15) is 0 Å². The van der Waals surface area contributed by atoms with Crippen LogP contribution in [0.5, 0.6) is 0 Å². The first-order valence-corrected chi connectivity index (χ1v) is 6.96. The van der Waals surface area contributed by atoms with Gasteiger partial charge in [0.15, 0.2) is 0 Å². The minimum absolute atomic E-state index is 0.0589. The molecular formula is C17H22N2. The van der Waals surface area contributed by atoms with E-state index in [0.717, 1.165) is 5.52 Å². The number of para-hydroxylation sites is 1. The van der Waals surface area contributed by atoms with Crippen LogP contribution in [-0.2, 0) is 0 Å². The number of hydrogen-bond acceptors (Lipinski definition) is 2. The molecule has 2 heteroatoms. The molecule has 0 radical (unpaired) electrons. The molecular weight excluding hydrogens is 232 g/mol. The van der Waals surface area contributed by atoms with Crippen LogP contribution in [0.15, 0.2) is 36.5 Å². The largest absolute Gasteiger partial charge is 0.324 e. The lowest BCUT2D eigenvalue weighted by Gasteiger charge is -2.16. The molecule has 2 N–H and O–H groups in total. The van der Waals surface area contributed by atoms with Gasteiger partial charge in [0.2, 0.25) is 0 Å². The van der Waals surface area contributed by atoms with Gasteiger partial charge >= 0.3 is 0 Å². The predicted octanol–water partition coefficient (Wildman–Crippen LogP) is 3.92. The van der Waals surface area contributed by atoms with Gasteiger partial charge in [-0.1, -0.05) is 52.0 Å². The lowest BCUT2D eigenvalue weighted by atomic mass is 9.95. The van der Waals surface area contributed by atoms with Gasteiger partial charge in [-0.25, -0.2) is 0 Å². The number of benzene rings is 1. The minimum atomic E-state index is 0.0589. The molecule has 1 fully saturated rings. The van der Waals surface area contributed by atoms with Crippen LogP contribution in [0.3, 0.4) is 0 Å². The molecule has 1 aromatic carbocycles. The van der Waals surface area contributed by atoms with Gasteiger partial charge in [-0.05, 0) is 28.4 Å². The molecule has 2 nitrogen and oxygen atoms in total. The summed E-state index contributed by atoms with van der Waals surface area (Å²) in [5.41, 5.74) is 9.40. The lowest BCUT2D eigenvalue weighted by Crippen LogP contribution is -2.17. The lowest BCUT2D eigenvalue weighted by molar-refractivity contribution is 0.457. The highest BCUT2D eigenvalue weighted by molar-refractivity contribution is 5.82. The smallest absolute Gasteiger partial charge is 0.0749 e. The Balaban J connectivity index is 2.07. The van der Waals surface area contributed by atoms with E-state index in [1.807, 2.05) is 12.3 Å². The highest BCUT2D eigenvalue weighted by Crippen LogP contribution is 2.71. The Morgan fingerprint density at radius 2 is 1.68 bits per heavy atom. The maximum absolute atomic E-state index is 6.58. The Bertz CT molecular complexity index is 609. The first-order valence-electron chi connectivity index (χ1n) is 6.96. The molecule has 1 saturated carbocycles. The maximum atomic E-state index is 6.58. The topological polar surface area (TPSA) is 38.9 Å². The number of nitrogens with two attached hydrogens (primary N) is 1. The van der Waals surface area contributed by atoms with Gasteiger partial charge in [-0.15, -0.1) is 0 Å². The first-order chi connectivity index (χ1) is 8.87. The number of rotatable bonds is 2. The van der Waals surface area contributed by atoms with Crippen LogP contribution in [-0.4, -0.2) is 4.98 Å². The molecule has 2 aromatic rings. The summed E-state index contributed by atoms with van der Waals surface area (Å²) in [5.74, 6) is 0.507. The van der Waals surface area contributed by atoms with Gasteiger partial charge in [0, 0.05) is 17.6 Å². The van der Waals surface area contributed by atoms with E-state index in [-0.39, 0.29) is 6.04 Å². The van der Waals surface area contributed by atoms with Crippen molar-refractivity contribution in [3.63, 3.8) is 0 Å². The average Bonchev–Trinajstić information content (AvgIpc) is 2.78. The van der Waals surface area contributed by atoms with Crippen LogP contribution >= 0.6 is 0 Å². The van der Waals surface area contributed by atoms with Gasteiger partial charge in [-0.3, -0.25) is 4.98 Å². The molecule has 0 bridgehead atoms. The van der Waals surface area contributed by atoms with Crippen molar-refractivity contribution in [2.45, 2.75) is 33.7 Å². The van der Waals surface area contributed by atoms with Crippen molar-refractivity contribution in [1.29, 1.82) is 0 Å². The Kier molecular flexibility index (Phi) is 2.52. The first kappa shape index (κ1) is 12.6. The SMILES string of the molecule is CC1(C)C(C(N)c2cccc3cccnc23)C1(C)C. The van der Waals surface area contributed by atoms with Crippen molar-refractivity contribution < 1.29 is 0 Å². The molecule has 1 aliphatic carbocycles. The fourth-order valence-corrected chi connectivity index (χ4v) is 3.72. The molecule has 1 atom stereocenters. The average molecular weight is 254 g/mol. The Morgan fingerprint density at radius 3 is 2.32 bits per heavy atom. The molecule has 1 heterocycles. The molecule has 0 amide bonds. The van der Waals surface area contributed by atoms with Gasteiger partial charge in [0.05, 0.1) is 5.52 Å². The molecule has 0 aliphatic heterocycles. The zero-order chi connectivity index (χ0) is 13.8. The van der Waals surface area contributed by atoms with Gasteiger partial charge < -0.3 is 5.73 Å². The van der Waals surface area contributed by atoms with E-state index in [4.69, 9.17) is 5.73 Å². The van der Waals surface area contributed by atoms with E-state index >= 15 is 0 Å². The van der Waals surface area contributed by atoms with E-state index in [9.17, 15) is 0 Å². The summed E-state index contributed by atoms with van der Waals surface area (Å²) in [6, 6.07) is 10.4. The van der Waals surface area contributed by atoms with Gasteiger partial charge in [0.1, 0.15) is 0 Å². The van der Waals surface area contributed by atoms with E-state index in [0.29, 0.717) is 16.7 Å². The summed E-state index contributed by atoms with van der Waals surface area (Å²) >= 11 is 0. The highest BCUT2D eigenvalue weighted by Gasteiger charge is 2.66. The maximum Gasteiger partial charge on any atom is 0.0749 e. The van der Waals surface area contributed by atoms with E-state index in [1.165, 1.54) is 10.9 Å². The second-order valence-corrected chi connectivity index (χ2v) is 6.87. The molecule has 0 spiro atoms. The molecule has 19 heavy (non-hydrogen) atoms. The normalized spacial score (nSPS) is 22.4. The summed E-state index contributed by atoms with van der Waals surface area (Å²) in [6.07, 6.45) is 1.85. The van der Waals surface area contributed by atoms with Crippen molar-refractivity contribution in [2.75, 3.05) is 0 Å². The summed E-state index contributed by atoms with van der Waals surface area (Å²) in [6.45, 7) is 9.26. The number of aromatic nitrogens is 1. The van der Waals surface area contributed by atoms with Crippen LogP contribution in [0.2, 0.25) is 0 Å². The van der Waals surface area contributed by atoms with Gasteiger partial charge in [0.25, 0.3) is 0 Å². The molecule has 1 unspecified atom stereocenters. The minimum Gasteiger partial charge on any atom is -0.324 e. The van der Waals surface area contributed by atoms with E-state index in [2.05, 4.69) is 56.9 Å². The summed E-state index contributed by atoms with van der Waals surface area (Å²) in [7, 11) is 0. The molecule has 100 valence electrons. The third kappa shape index (κ3) is 1.63. The zero-order valence-corrected chi connectivity index (χ0v) is 12.1. The molecule has 1 aliphatic rings. The van der Waals surface area contributed by atoms with E-state index < -0.39 is 0 Å². The van der Waals surface area contributed by atoms with Crippen molar-refractivity contribution in [3.05, 3.63) is 42.1 Å². The van der Waals surface area contributed by atoms with Crippen molar-refractivity contribution in [3.8, 4) is 0 Å². The Morgan fingerprint density at radius 1 is 1.05 bits per heavy atom. The van der Waals surface area contributed by atoms with Crippen LogP contribution < -0.4 is 5.73 Å². The summed E-state index contributed by atoms with van der Waals surface area (Å²) in [4.78, 5) is 4.53. The van der Waals surface area contributed by atoms with Crippen molar-refractivity contribution in [1.82, 2.24) is 4.98 Å². The van der Waals surface area contributed by atoms with Crippen LogP contribution in [0.25, 0.3) is 10.9 Å². The summed E-state index contributed by atoms with van der Waals surface area (Å²) in [5, 5.41) is 1.17. The number of pyridine rings is 1. The van der Waals surface area contributed by atoms with Crippen LogP contribution in [0, 0.1) is 16.7 Å². The monoisotopic (exact) mass is 254 g/mol. The number of nitrogens with zero attached hydrogens (tertiary/aromatic N) is 1.